The van der Waals surface area contributed by atoms with E-state index in [0.717, 1.165) is 0 Å². The summed E-state index contributed by atoms with van der Waals surface area (Å²) in [4.78, 5) is 27.2. The summed E-state index contributed by atoms with van der Waals surface area (Å²) >= 11 is 0. The molecule has 2 aliphatic rings. The van der Waals surface area contributed by atoms with E-state index in [1.165, 1.54) is 0 Å². The molecule has 6 heteroatoms. The number of hydrogen-bond donors (Lipinski definition) is 2. The molecule has 6 nitrogen and oxygen atoms in total. The van der Waals surface area contributed by atoms with E-state index in [1.807, 2.05) is 20.8 Å². The summed E-state index contributed by atoms with van der Waals surface area (Å²) in [6.07, 6.45) is 0. The lowest BCUT2D eigenvalue weighted by atomic mass is 10.0. The molecule has 0 radical (unpaired) electrons. The number of rotatable bonds is 1. The van der Waals surface area contributed by atoms with Crippen molar-refractivity contribution in [1.82, 2.24) is 15.1 Å². The fourth-order valence-electron chi connectivity index (χ4n) is 2.53. The number of piperazine rings is 1. The molecule has 0 aromatic heterocycles. The quantitative estimate of drug-likeness (QED) is 0.639. The van der Waals surface area contributed by atoms with Crippen molar-refractivity contribution in [1.29, 1.82) is 0 Å². The Bertz CT molecular complexity index is 350. The summed E-state index contributed by atoms with van der Waals surface area (Å²) in [7, 11) is 0. The molecular formula is C11H20N4O2. The third kappa shape index (κ3) is 1.97. The molecule has 17 heavy (non-hydrogen) atoms. The number of fused-ring (bicyclic) bond motifs is 1. The number of carbonyl (C=O) groups excluding carboxylic acids is 2. The molecule has 3 amide bonds. The minimum Gasteiger partial charge on any atom is -0.368 e. The van der Waals surface area contributed by atoms with Crippen molar-refractivity contribution < 1.29 is 9.59 Å². The summed E-state index contributed by atoms with van der Waals surface area (Å²) in [5, 5.41) is 3.09. The van der Waals surface area contributed by atoms with Crippen molar-refractivity contribution in [3.63, 3.8) is 0 Å². The summed E-state index contributed by atoms with van der Waals surface area (Å²) in [5.74, 6) is -0.386. The Hall–Kier alpha value is -1.30. The first-order valence-electron chi connectivity index (χ1n) is 5.93. The van der Waals surface area contributed by atoms with Crippen LogP contribution in [-0.4, -0.2) is 59.0 Å². The Morgan fingerprint density at radius 1 is 1.47 bits per heavy atom. The molecule has 0 bridgehead atoms. The van der Waals surface area contributed by atoms with Crippen molar-refractivity contribution in [3.05, 3.63) is 0 Å². The minimum absolute atomic E-state index is 0.00949. The maximum absolute atomic E-state index is 12.2. The SMILES string of the molecule is CC(C)(C)N1C[C@H]2C(C(N)=O)NCCN2C1=O. The maximum Gasteiger partial charge on any atom is 0.320 e. The summed E-state index contributed by atoms with van der Waals surface area (Å²) in [6, 6.07) is -0.553. The van der Waals surface area contributed by atoms with E-state index in [4.69, 9.17) is 5.73 Å². The van der Waals surface area contributed by atoms with Gasteiger partial charge < -0.3 is 20.9 Å². The van der Waals surface area contributed by atoms with Gasteiger partial charge in [0.2, 0.25) is 5.91 Å². The van der Waals surface area contributed by atoms with Crippen molar-refractivity contribution in [2.24, 2.45) is 5.73 Å². The molecule has 2 fully saturated rings. The number of hydrogen-bond acceptors (Lipinski definition) is 3. The van der Waals surface area contributed by atoms with E-state index in [2.05, 4.69) is 5.32 Å². The lowest BCUT2D eigenvalue weighted by Gasteiger charge is -2.34. The minimum atomic E-state index is -0.431. The zero-order valence-electron chi connectivity index (χ0n) is 10.6. The van der Waals surface area contributed by atoms with Crippen molar-refractivity contribution in [3.8, 4) is 0 Å². The summed E-state index contributed by atoms with van der Waals surface area (Å²) in [6.45, 7) is 7.80. The van der Waals surface area contributed by atoms with Crippen LogP contribution in [0.3, 0.4) is 0 Å². The molecule has 0 aromatic rings. The zero-order chi connectivity index (χ0) is 12.8. The molecule has 0 spiro atoms. The van der Waals surface area contributed by atoms with Gasteiger partial charge in [-0.3, -0.25) is 4.79 Å². The first-order valence-corrected chi connectivity index (χ1v) is 5.93. The van der Waals surface area contributed by atoms with Crippen molar-refractivity contribution >= 4 is 11.9 Å². The first-order chi connectivity index (χ1) is 7.82. The Kier molecular flexibility index (Phi) is 2.77. The normalized spacial score (nSPS) is 29.5. The van der Waals surface area contributed by atoms with Gasteiger partial charge in [0.05, 0.1) is 6.04 Å². The number of amides is 3. The molecule has 96 valence electrons. The number of nitrogens with zero attached hydrogens (tertiary/aromatic N) is 2. The topological polar surface area (TPSA) is 78.7 Å². The van der Waals surface area contributed by atoms with Crippen LogP contribution >= 0.6 is 0 Å². The first kappa shape index (κ1) is 12.2. The predicted molar refractivity (Wildman–Crippen MR) is 63.3 cm³/mol. The second kappa shape index (κ2) is 3.87. The standard InChI is InChI=1S/C11H20N4O2/c1-11(2,3)15-6-7-8(9(12)16)13-4-5-14(7)10(15)17/h7-8,13H,4-6H2,1-3H3,(H2,12,16)/t7-,8?/m0/s1. The molecule has 2 aliphatic heterocycles. The highest BCUT2D eigenvalue weighted by Gasteiger charge is 2.48. The largest absolute Gasteiger partial charge is 0.368 e. The summed E-state index contributed by atoms with van der Waals surface area (Å²) < 4.78 is 0. The second-order valence-corrected chi connectivity index (χ2v) is 5.66. The van der Waals surface area contributed by atoms with Gasteiger partial charge in [0.15, 0.2) is 0 Å². The van der Waals surface area contributed by atoms with Crippen molar-refractivity contribution in [2.75, 3.05) is 19.6 Å². The van der Waals surface area contributed by atoms with Gasteiger partial charge in [-0.1, -0.05) is 0 Å². The van der Waals surface area contributed by atoms with Crippen LogP contribution in [-0.2, 0) is 4.79 Å². The molecule has 2 saturated heterocycles. The van der Waals surface area contributed by atoms with Crippen LogP contribution in [0.25, 0.3) is 0 Å². The Morgan fingerprint density at radius 3 is 2.65 bits per heavy atom. The van der Waals surface area contributed by atoms with Gasteiger partial charge in [-0.15, -0.1) is 0 Å². The van der Waals surface area contributed by atoms with E-state index in [-0.39, 0.29) is 23.5 Å². The number of carbonyl (C=O) groups is 2. The van der Waals surface area contributed by atoms with Gasteiger partial charge in [-0.05, 0) is 20.8 Å². The number of primary amides is 1. The van der Waals surface area contributed by atoms with Crippen LogP contribution in [0.15, 0.2) is 0 Å². The monoisotopic (exact) mass is 240 g/mol. The van der Waals surface area contributed by atoms with Crippen LogP contribution in [0.5, 0.6) is 0 Å². The van der Waals surface area contributed by atoms with E-state index < -0.39 is 6.04 Å². The lowest BCUT2D eigenvalue weighted by molar-refractivity contribution is -0.121. The highest BCUT2D eigenvalue weighted by atomic mass is 16.2. The van der Waals surface area contributed by atoms with Gasteiger partial charge >= 0.3 is 6.03 Å². The van der Waals surface area contributed by atoms with Crippen LogP contribution in [0.2, 0.25) is 0 Å². The smallest absolute Gasteiger partial charge is 0.320 e. The van der Waals surface area contributed by atoms with E-state index in [1.54, 1.807) is 9.80 Å². The van der Waals surface area contributed by atoms with E-state index in [0.29, 0.717) is 19.6 Å². The Morgan fingerprint density at radius 2 is 2.12 bits per heavy atom. The van der Waals surface area contributed by atoms with Gasteiger partial charge in [-0.2, -0.15) is 0 Å². The van der Waals surface area contributed by atoms with Crippen LogP contribution in [0.4, 0.5) is 4.79 Å². The molecule has 3 N–H and O–H groups in total. The molecule has 2 heterocycles. The maximum atomic E-state index is 12.2. The van der Waals surface area contributed by atoms with E-state index >= 15 is 0 Å². The lowest BCUT2D eigenvalue weighted by Crippen LogP contribution is -2.61. The summed E-state index contributed by atoms with van der Waals surface area (Å²) in [5.41, 5.74) is 5.14. The number of urea groups is 1. The van der Waals surface area contributed by atoms with Gasteiger partial charge in [0, 0.05) is 25.2 Å². The van der Waals surface area contributed by atoms with Crippen LogP contribution in [0, 0.1) is 0 Å². The fraction of sp³-hybridized carbons (Fsp3) is 0.818. The van der Waals surface area contributed by atoms with Gasteiger partial charge in [0.1, 0.15) is 6.04 Å². The van der Waals surface area contributed by atoms with E-state index in [9.17, 15) is 9.59 Å². The van der Waals surface area contributed by atoms with Crippen LogP contribution in [0.1, 0.15) is 20.8 Å². The zero-order valence-corrected chi connectivity index (χ0v) is 10.6. The highest BCUT2D eigenvalue weighted by Crippen LogP contribution is 2.27. The predicted octanol–water partition coefficient (Wildman–Crippen LogP) is -0.652. The second-order valence-electron chi connectivity index (χ2n) is 5.66. The van der Waals surface area contributed by atoms with Crippen LogP contribution < -0.4 is 11.1 Å². The van der Waals surface area contributed by atoms with Gasteiger partial charge in [-0.25, -0.2) is 4.79 Å². The Labute approximate surface area is 101 Å². The molecule has 2 atom stereocenters. The highest BCUT2D eigenvalue weighted by molar-refractivity contribution is 5.85. The third-order valence-corrected chi connectivity index (χ3v) is 3.46. The fourth-order valence-corrected chi connectivity index (χ4v) is 2.53. The average Bonchev–Trinajstić information content (AvgIpc) is 2.55. The number of nitrogens with one attached hydrogen (secondary N) is 1. The molecule has 0 aliphatic carbocycles. The van der Waals surface area contributed by atoms with Crippen molar-refractivity contribution in [2.45, 2.75) is 38.4 Å². The molecular weight excluding hydrogens is 220 g/mol. The Balaban J connectivity index is 2.23. The average molecular weight is 240 g/mol. The molecule has 0 saturated carbocycles. The van der Waals surface area contributed by atoms with Gasteiger partial charge in [0.25, 0.3) is 0 Å². The molecule has 0 aromatic carbocycles. The molecule has 2 rings (SSSR count). The third-order valence-electron chi connectivity index (χ3n) is 3.46. The number of nitrogens with two attached hydrogens (primary N) is 1. The molecule has 1 unspecified atom stereocenters.